The molecule has 0 bridgehead atoms. The van der Waals surface area contributed by atoms with Gasteiger partial charge >= 0.3 is 0 Å². The summed E-state index contributed by atoms with van der Waals surface area (Å²) in [6.07, 6.45) is 9.10. The number of ether oxygens (including phenoxy) is 2. The van der Waals surface area contributed by atoms with Crippen LogP contribution in [0.5, 0.6) is 11.5 Å². The van der Waals surface area contributed by atoms with E-state index >= 15 is 0 Å². The molecule has 1 N–H and O–H groups in total. The molecule has 0 radical (unpaired) electrons. The molecular formula is C50H41BrCl2F6N6O6. The van der Waals surface area contributed by atoms with Gasteiger partial charge in [-0.15, -0.1) is 0 Å². The summed E-state index contributed by atoms with van der Waals surface area (Å²) in [6, 6.07) is 14.7. The molecule has 370 valence electrons. The highest BCUT2D eigenvalue weighted by molar-refractivity contribution is 9.10. The van der Waals surface area contributed by atoms with Gasteiger partial charge in [-0.3, -0.25) is 14.4 Å². The Hall–Kier alpha value is -6.93. The van der Waals surface area contributed by atoms with E-state index in [-0.39, 0.29) is 31.2 Å². The molecule has 0 aliphatic heterocycles. The number of carbonyl (C=O) groups is 1. The summed E-state index contributed by atoms with van der Waals surface area (Å²) in [5, 5.41) is 11.5. The number of nitrogens with zero attached hydrogens (tertiary/aromatic N) is 6. The summed E-state index contributed by atoms with van der Waals surface area (Å²) in [6.45, 7) is 6.82. The largest absolute Gasteiger partial charge is 0.495 e. The van der Waals surface area contributed by atoms with E-state index in [1.807, 2.05) is 36.9 Å². The van der Waals surface area contributed by atoms with Gasteiger partial charge in [-0.1, -0.05) is 29.3 Å². The van der Waals surface area contributed by atoms with Crippen molar-refractivity contribution in [1.82, 2.24) is 28.2 Å². The highest BCUT2D eigenvalue weighted by Gasteiger charge is 2.23. The molecule has 0 aliphatic carbocycles. The fourth-order valence-corrected chi connectivity index (χ4v) is 8.21. The molecule has 4 aromatic carbocycles. The quantitative estimate of drug-likeness (QED) is 0.0768. The Morgan fingerprint density at radius 2 is 1.06 bits per heavy atom. The second-order valence-electron chi connectivity index (χ2n) is 15.7. The minimum Gasteiger partial charge on any atom is -0.495 e. The van der Waals surface area contributed by atoms with E-state index in [1.165, 1.54) is 43.1 Å². The van der Waals surface area contributed by atoms with Crippen molar-refractivity contribution in [3.05, 3.63) is 220 Å². The Bertz CT molecular complexity index is 3340. The lowest BCUT2D eigenvalue weighted by molar-refractivity contribution is 0.112. The molecule has 4 heterocycles. The number of halogens is 9. The van der Waals surface area contributed by atoms with Crippen LogP contribution in [-0.4, -0.2) is 53.8 Å². The SMILES string of the molecule is CC(c1cc(F)c(F)c(F)c1)n1cc(Cl)cc(Br)c1=O.COc1cc(C(O)c2cc(Cl)cn([C@@H](C)c3cc(F)c(F)c(F)c3)c2=O)ccc1-n1cnc(C)c1.COc1cc(C=O)ccc1-n1cnc(C)c1. The first kappa shape index (κ1) is 53.4. The van der Waals surface area contributed by atoms with E-state index in [0.29, 0.717) is 28.3 Å². The van der Waals surface area contributed by atoms with Gasteiger partial charge in [-0.25, -0.2) is 36.3 Å². The average molecular weight is 1090 g/mol. The molecule has 0 spiro atoms. The second-order valence-corrected chi connectivity index (χ2v) is 17.4. The van der Waals surface area contributed by atoms with Gasteiger partial charge in [-0.2, -0.15) is 0 Å². The number of aliphatic hydroxyl groups is 1. The van der Waals surface area contributed by atoms with E-state index in [4.69, 9.17) is 32.7 Å². The molecule has 71 heavy (non-hydrogen) atoms. The number of rotatable bonds is 11. The van der Waals surface area contributed by atoms with E-state index in [2.05, 4.69) is 25.9 Å². The van der Waals surface area contributed by atoms with Crippen LogP contribution < -0.4 is 20.6 Å². The van der Waals surface area contributed by atoms with Gasteiger partial charge in [0.1, 0.15) is 23.9 Å². The standard InChI is InChI=1S/C25H21ClF3N3O3.C13H8BrClF3NO.C12H12N2O2/c1-13-10-31(12-30-13)21-5-4-15(8-22(21)35-3)24(33)18-9-17(26)11-32(25(18)34)14(2)16-6-19(27)23(29)20(28)7-16;1-6(7-2-10(16)12(18)11(17)3-7)19-5-8(15)4-9(14)13(19)20;1-9-6-14(8-13-9)11-4-3-10(7-15)5-12(11)16-2/h4-12,14,24,33H,1-3H3;2-6H,1H3;3-8H,1-2H3/t14-,24?;;/m0../s1. The number of hydrogen-bond acceptors (Lipinski definition) is 8. The highest BCUT2D eigenvalue weighted by Crippen LogP contribution is 2.32. The Labute approximate surface area is 420 Å². The lowest BCUT2D eigenvalue weighted by Crippen LogP contribution is -2.28. The van der Waals surface area contributed by atoms with Gasteiger partial charge < -0.3 is 32.8 Å². The maximum Gasteiger partial charge on any atom is 0.265 e. The Balaban J connectivity index is 0.000000193. The van der Waals surface area contributed by atoms with Crippen LogP contribution in [0.1, 0.15) is 76.0 Å². The summed E-state index contributed by atoms with van der Waals surface area (Å²) >= 11 is 15.1. The van der Waals surface area contributed by atoms with E-state index < -0.39 is 64.2 Å². The van der Waals surface area contributed by atoms with E-state index in [0.717, 1.165) is 52.2 Å². The third-order valence-electron chi connectivity index (χ3n) is 10.9. The minimum absolute atomic E-state index is 0.0212. The minimum atomic E-state index is -1.60. The van der Waals surface area contributed by atoms with Crippen LogP contribution in [0.3, 0.4) is 0 Å². The van der Waals surface area contributed by atoms with Crippen molar-refractivity contribution in [2.45, 2.75) is 45.9 Å². The molecular weight excluding hydrogens is 1050 g/mol. The van der Waals surface area contributed by atoms with Crippen molar-refractivity contribution in [3.8, 4) is 22.9 Å². The van der Waals surface area contributed by atoms with Crippen LogP contribution in [0.2, 0.25) is 10.0 Å². The summed E-state index contributed by atoms with van der Waals surface area (Å²) in [5.41, 5.74) is 3.30. The fourth-order valence-electron chi connectivity index (χ4n) is 7.19. The van der Waals surface area contributed by atoms with Crippen LogP contribution in [-0.2, 0) is 0 Å². The third kappa shape index (κ3) is 12.2. The van der Waals surface area contributed by atoms with E-state index in [9.17, 15) is 45.8 Å². The van der Waals surface area contributed by atoms with Gasteiger partial charge in [0, 0.05) is 30.4 Å². The Morgan fingerprint density at radius 1 is 0.620 bits per heavy atom. The van der Waals surface area contributed by atoms with Gasteiger partial charge in [0.25, 0.3) is 11.1 Å². The first-order chi connectivity index (χ1) is 33.6. The molecule has 8 rings (SSSR count). The van der Waals surface area contributed by atoms with Crippen LogP contribution in [0.4, 0.5) is 26.3 Å². The number of methoxy groups -OCH3 is 2. The van der Waals surface area contributed by atoms with Crippen LogP contribution >= 0.6 is 39.1 Å². The Morgan fingerprint density at radius 3 is 1.49 bits per heavy atom. The number of pyridine rings is 2. The van der Waals surface area contributed by atoms with Crippen molar-refractivity contribution >= 4 is 45.4 Å². The number of imidazole rings is 2. The predicted octanol–water partition coefficient (Wildman–Crippen LogP) is 11.4. The number of benzene rings is 4. The predicted molar refractivity (Wildman–Crippen MR) is 259 cm³/mol. The van der Waals surface area contributed by atoms with Gasteiger partial charge in [-0.05, 0) is 127 Å². The zero-order chi connectivity index (χ0) is 52.0. The number of carbonyl (C=O) groups excluding carboxylic acids is 1. The summed E-state index contributed by atoms with van der Waals surface area (Å²) in [4.78, 5) is 44.2. The van der Waals surface area contributed by atoms with Gasteiger partial charge in [0.2, 0.25) is 0 Å². The number of hydrogen-bond donors (Lipinski definition) is 1. The maximum absolute atomic E-state index is 13.8. The first-order valence-corrected chi connectivity index (χ1v) is 22.5. The zero-order valence-electron chi connectivity index (χ0n) is 38.3. The molecule has 2 unspecified atom stereocenters. The van der Waals surface area contributed by atoms with Crippen molar-refractivity contribution in [2.24, 2.45) is 0 Å². The van der Waals surface area contributed by atoms with E-state index in [1.54, 1.807) is 61.6 Å². The number of aliphatic hydroxyl groups excluding tert-OH is 1. The van der Waals surface area contributed by atoms with Crippen LogP contribution in [0.15, 0.2) is 124 Å². The molecule has 0 aliphatic rings. The second kappa shape index (κ2) is 22.9. The number of aldehydes is 1. The fraction of sp³-hybridized carbons (Fsp3) is 0.180. The summed E-state index contributed by atoms with van der Waals surface area (Å²) in [5.74, 6) is -7.40. The van der Waals surface area contributed by atoms with Crippen molar-refractivity contribution in [3.63, 3.8) is 0 Å². The molecule has 4 aromatic heterocycles. The monoisotopic (exact) mass is 1080 g/mol. The molecule has 0 fully saturated rings. The Kier molecular flexibility index (Phi) is 17.2. The van der Waals surface area contributed by atoms with Crippen LogP contribution in [0, 0.1) is 48.8 Å². The van der Waals surface area contributed by atoms with Crippen molar-refractivity contribution in [1.29, 1.82) is 0 Å². The molecule has 0 saturated carbocycles. The zero-order valence-corrected chi connectivity index (χ0v) is 41.4. The highest BCUT2D eigenvalue weighted by atomic mass is 79.9. The molecule has 0 saturated heterocycles. The normalized spacial score (nSPS) is 12.2. The van der Waals surface area contributed by atoms with Crippen molar-refractivity contribution < 1.29 is 45.7 Å². The molecule has 21 heteroatoms. The third-order valence-corrected chi connectivity index (χ3v) is 11.9. The maximum atomic E-state index is 13.8. The molecule has 0 amide bonds. The first-order valence-electron chi connectivity index (χ1n) is 20.9. The lowest BCUT2D eigenvalue weighted by atomic mass is 10.0. The molecule has 12 nitrogen and oxygen atoms in total. The summed E-state index contributed by atoms with van der Waals surface area (Å²) in [7, 11) is 3.06. The average Bonchev–Trinajstić information content (AvgIpc) is 4.00. The van der Waals surface area contributed by atoms with Gasteiger partial charge in [0.15, 0.2) is 34.9 Å². The lowest BCUT2D eigenvalue weighted by Gasteiger charge is -2.20. The van der Waals surface area contributed by atoms with Crippen LogP contribution in [0.25, 0.3) is 11.4 Å². The van der Waals surface area contributed by atoms with Crippen molar-refractivity contribution in [2.75, 3.05) is 14.2 Å². The molecule has 3 atom stereocenters. The summed E-state index contributed by atoms with van der Waals surface area (Å²) < 4.78 is 97.2. The topological polar surface area (TPSA) is 135 Å². The molecule has 8 aromatic rings. The number of aryl methyl sites for hydroxylation is 2. The number of aromatic nitrogens is 6. The van der Waals surface area contributed by atoms with Gasteiger partial charge in [0.05, 0.1) is 81.8 Å². The smallest absolute Gasteiger partial charge is 0.265 e.